The van der Waals surface area contributed by atoms with Gasteiger partial charge in [-0.3, -0.25) is 4.79 Å². The van der Waals surface area contributed by atoms with Crippen LogP contribution in [-0.2, 0) is 19.3 Å². The number of aromatic nitrogens is 1. The van der Waals surface area contributed by atoms with Crippen molar-refractivity contribution in [3.05, 3.63) is 89.1 Å². The van der Waals surface area contributed by atoms with Gasteiger partial charge in [0.05, 0.1) is 5.56 Å². The zero-order chi connectivity index (χ0) is 20.1. The number of pyridine rings is 1. The molecule has 0 fully saturated rings. The summed E-state index contributed by atoms with van der Waals surface area (Å²) >= 11 is 0. The maximum Gasteiger partial charge on any atom is 0.250 e. The van der Waals surface area contributed by atoms with Crippen molar-refractivity contribution in [2.24, 2.45) is 5.73 Å². The van der Waals surface area contributed by atoms with E-state index >= 15 is 0 Å². The lowest BCUT2D eigenvalue weighted by Crippen LogP contribution is -2.30. The zero-order valence-corrected chi connectivity index (χ0v) is 16.3. The van der Waals surface area contributed by atoms with E-state index < -0.39 is 5.91 Å². The summed E-state index contributed by atoms with van der Waals surface area (Å²) < 4.78 is 5.84. The Morgan fingerprint density at radius 1 is 1.07 bits per heavy atom. The van der Waals surface area contributed by atoms with Gasteiger partial charge in [-0.25, -0.2) is 4.98 Å². The van der Waals surface area contributed by atoms with Crippen LogP contribution in [0.5, 0.6) is 11.6 Å². The summed E-state index contributed by atoms with van der Waals surface area (Å²) in [6.07, 6.45) is 5.73. The Morgan fingerprint density at radius 2 is 1.90 bits per heavy atom. The zero-order valence-electron chi connectivity index (χ0n) is 16.3. The van der Waals surface area contributed by atoms with Crippen LogP contribution in [0.2, 0.25) is 0 Å². The van der Waals surface area contributed by atoms with Crippen LogP contribution in [0.4, 0.5) is 0 Å². The second-order valence-corrected chi connectivity index (χ2v) is 7.43. The maximum absolute atomic E-state index is 11.1. The summed E-state index contributed by atoms with van der Waals surface area (Å²) in [5.41, 5.74) is 9.69. The van der Waals surface area contributed by atoms with E-state index in [0.29, 0.717) is 17.5 Å². The number of nitrogens with zero attached hydrogens (tertiary/aromatic N) is 1. The molecule has 1 heterocycles. The fourth-order valence-corrected chi connectivity index (χ4v) is 3.75. The minimum Gasteiger partial charge on any atom is -0.439 e. The normalized spacial score (nSPS) is 15.1. The second-order valence-electron chi connectivity index (χ2n) is 7.43. The SMILES string of the molecule is NC(=O)c1ccc(Oc2ccc3c(c2)CC(NCCCc2ccccc2)C3)nc1. The molecule has 0 saturated heterocycles. The Balaban J connectivity index is 1.28. The molecule has 0 aliphatic heterocycles. The third-order valence-corrected chi connectivity index (χ3v) is 5.27. The fraction of sp³-hybridized carbons (Fsp3) is 0.250. The minimum atomic E-state index is -0.496. The van der Waals surface area contributed by atoms with Gasteiger partial charge < -0.3 is 15.8 Å². The van der Waals surface area contributed by atoms with E-state index in [9.17, 15) is 4.79 Å². The molecule has 1 amide bonds. The number of benzene rings is 2. The predicted molar refractivity (Wildman–Crippen MR) is 113 cm³/mol. The first-order valence-corrected chi connectivity index (χ1v) is 10.0. The summed E-state index contributed by atoms with van der Waals surface area (Å²) in [7, 11) is 0. The van der Waals surface area contributed by atoms with Crippen molar-refractivity contribution in [1.29, 1.82) is 0 Å². The van der Waals surface area contributed by atoms with E-state index in [1.165, 1.54) is 22.9 Å². The number of nitrogens with one attached hydrogen (secondary N) is 1. The number of amides is 1. The summed E-state index contributed by atoms with van der Waals surface area (Å²) in [5.74, 6) is 0.709. The molecule has 148 valence electrons. The molecule has 5 heteroatoms. The van der Waals surface area contributed by atoms with Gasteiger partial charge in [-0.15, -0.1) is 0 Å². The highest BCUT2D eigenvalue weighted by atomic mass is 16.5. The number of ether oxygens (including phenoxy) is 1. The maximum atomic E-state index is 11.1. The van der Waals surface area contributed by atoms with E-state index in [1.54, 1.807) is 12.1 Å². The van der Waals surface area contributed by atoms with Crippen LogP contribution in [0, 0.1) is 0 Å². The lowest BCUT2D eigenvalue weighted by Gasteiger charge is -2.11. The molecule has 1 atom stereocenters. The number of hydrogen-bond donors (Lipinski definition) is 2. The van der Waals surface area contributed by atoms with Gasteiger partial charge in [-0.05, 0) is 67.1 Å². The highest BCUT2D eigenvalue weighted by Gasteiger charge is 2.21. The van der Waals surface area contributed by atoms with Crippen molar-refractivity contribution < 1.29 is 9.53 Å². The van der Waals surface area contributed by atoms with Crippen molar-refractivity contribution in [2.75, 3.05) is 6.54 Å². The summed E-state index contributed by atoms with van der Waals surface area (Å²) in [6.45, 7) is 1.02. The molecule has 2 aromatic carbocycles. The molecule has 4 rings (SSSR count). The molecule has 3 aromatic rings. The van der Waals surface area contributed by atoms with Gasteiger partial charge in [0.25, 0.3) is 0 Å². The predicted octanol–water partition coefficient (Wildman–Crippen LogP) is 3.66. The number of hydrogen-bond acceptors (Lipinski definition) is 4. The number of carbonyl (C=O) groups is 1. The van der Waals surface area contributed by atoms with Gasteiger partial charge >= 0.3 is 0 Å². The van der Waals surface area contributed by atoms with E-state index in [4.69, 9.17) is 10.5 Å². The van der Waals surface area contributed by atoms with Crippen molar-refractivity contribution >= 4 is 5.91 Å². The molecule has 0 saturated carbocycles. The third-order valence-electron chi connectivity index (χ3n) is 5.27. The fourth-order valence-electron chi connectivity index (χ4n) is 3.75. The largest absolute Gasteiger partial charge is 0.439 e. The van der Waals surface area contributed by atoms with E-state index in [-0.39, 0.29) is 0 Å². The Hall–Kier alpha value is -3.18. The average Bonchev–Trinajstić information content (AvgIpc) is 3.14. The summed E-state index contributed by atoms with van der Waals surface area (Å²) in [6, 6.07) is 20.6. The molecule has 3 N–H and O–H groups in total. The van der Waals surface area contributed by atoms with Crippen molar-refractivity contribution in [3.63, 3.8) is 0 Å². The van der Waals surface area contributed by atoms with Crippen LogP contribution in [0.25, 0.3) is 0 Å². The Kier molecular flexibility index (Phi) is 5.86. The van der Waals surface area contributed by atoms with Crippen LogP contribution in [-0.4, -0.2) is 23.5 Å². The number of nitrogens with two attached hydrogens (primary N) is 1. The molecule has 1 aliphatic carbocycles. The monoisotopic (exact) mass is 387 g/mol. The number of primary amides is 1. The van der Waals surface area contributed by atoms with Crippen LogP contribution in [0.15, 0.2) is 66.9 Å². The molecule has 5 nitrogen and oxygen atoms in total. The van der Waals surface area contributed by atoms with Gasteiger partial charge in [0.2, 0.25) is 11.8 Å². The highest BCUT2D eigenvalue weighted by Crippen LogP contribution is 2.28. The number of carbonyl (C=O) groups excluding carboxylic acids is 1. The molecular formula is C24H25N3O2. The summed E-state index contributed by atoms with van der Waals surface area (Å²) in [4.78, 5) is 15.3. The standard InChI is InChI=1S/C24H25N3O2/c25-24(28)19-9-11-23(27-16-19)29-22-10-8-18-13-21(14-20(18)15-22)26-12-4-7-17-5-2-1-3-6-17/h1-3,5-6,8-11,15-16,21,26H,4,7,12-14H2,(H2,25,28). The lowest BCUT2D eigenvalue weighted by atomic mass is 10.1. The van der Waals surface area contributed by atoms with Crippen LogP contribution >= 0.6 is 0 Å². The number of rotatable bonds is 8. The van der Waals surface area contributed by atoms with E-state index in [0.717, 1.165) is 38.0 Å². The molecule has 0 spiro atoms. The molecular weight excluding hydrogens is 362 g/mol. The van der Waals surface area contributed by atoms with Crippen molar-refractivity contribution in [3.8, 4) is 11.6 Å². The topological polar surface area (TPSA) is 77.2 Å². The van der Waals surface area contributed by atoms with Gasteiger partial charge in [-0.1, -0.05) is 36.4 Å². The quantitative estimate of drug-likeness (QED) is 0.578. The van der Waals surface area contributed by atoms with Gasteiger partial charge in [0, 0.05) is 18.3 Å². The van der Waals surface area contributed by atoms with E-state index in [1.807, 2.05) is 6.07 Å². The molecule has 1 aliphatic rings. The Morgan fingerprint density at radius 3 is 2.66 bits per heavy atom. The number of aryl methyl sites for hydroxylation is 1. The molecule has 0 radical (unpaired) electrons. The average molecular weight is 387 g/mol. The van der Waals surface area contributed by atoms with Gasteiger partial charge in [0.15, 0.2) is 0 Å². The summed E-state index contributed by atoms with van der Waals surface area (Å²) in [5, 5.41) is 3.69. The third kappa shape index (κ3) is 5.00. The highest BCUT2D eigenvalue weighted by molar-refractivity contribution is 5.92. The van der Waals surface area contributed by atoms with Crippen LogP contribution in [0.1, 0.15) is 33.5 Å². The molecule has 29 heavy (non-hydrogen) atoms. The van der Waals surface area contributed by atoms with Crippen molar-refractivity contribution in [1.82, 2.24) is 10.3 Å². The first-order valence-electron chi connectivity index (χ1n) is 10.0. The van der Waals surface area contributed by atoms with Crippen LogP contribution in [0.3, 0.4) is 0 Å². The number of fused-ring (bicyclic) bond motifs is 1. The van der Waals surface area contributed by atoms with Gasteiger partial charge in [-0.2, -0.15) is 0 Å². The first kappa shape index (κ1) is 19.2. The molecule has 1 aromatic heterocycles. The molecule has 0 bridgehead atoms. The first-order chi connectivity index (χ1) is 14.2. The Bertz CT molecular complexity index is 971. The van der Waals surface area contributed by atoms with Gasteiger partial charge in [0.1, 0.15) is 5.75 Å². The Labute approximate surface area is 170 Å². The smallest absolute Gasteiger partial charge is 0.250 e. The van der Waals surface area contributed by atoms with E-state index in [2.05, 4.69) is 52.8 Å². The van der Waals surface area contributed by atoms with Crippen LogP contribution < -0.4 is 15.8 Å². The second kappa shape index (κ2) is 8.88. The lowest BCUT2D eigenvalue weighted by molar-refractivity contribution is 0.1000. The van der Waals surface area contributed by atoms with Crippen molar-refractivity contribution in [2.45, 2.75) is 31.7 Å². The minimum absolute atomic E-state index is 0.368. The molecule has 1 unspecified atom stereocenters.